The van der Waals surface area contributed by atoms with Gasteiger partial charge in [-0.25, -0.2) is 0 Å². The SMILES string of the molecule is O=C(O)[C@@H]1[C@@H]2CC[C@@H](C2)[C@@H]1C(=O)N1CCN(Cc2cccc3ccccc23)CC1. The molecule has 1 N–H and O–H groups in total. The molecule has 0 spiro atoms. The van der Waals surface area contributed by atoms with Crippen molar-refractivity contribution in [1.82, 2.24) is 9.80 Å². The molecule has 2 saturated carbocycles. The van der Waals surface area contributed by atoms with Crippen LogP contribution in [0.1, 0.15) is 24.8 Å². The quantitative estimate of drug-likeness (QED) is 0.868. The van der Waals surface area contributed by atoms with Crippen molar-refractivity contribution >= 4 is 22.6 Å². The van der Waals surface area contributed by atoms with Crippen LogP contribution in [-0.2, 0) is 16.1 Å². The van der Waals surface area contributed by atoms with E-state index in [9.17, 15) is 14.7 Å². The number of piperazine rings is 1. The van der Waals surface area contributed by atoms with Crippen LogP contribution in [0.15, 0.2) is 42.5 Å². The Morgan fingerprint density at radius 2 is 1.59 bits per heavy atom. The Balaban J connectivity index is 1.24. The second-order valence-electron chi connectivity index (χ2n) is 8.96. The van der Waals surface area contributed by atoms with Crippen LogP contribution in [0.3, 0.4) is 0 Å². The maximum Gasteiger partial charge on any atom is 0.307 e. The highest BCUT2D eigenvalue weighted by atomic mass is 16.4. The molecule has 5 heteroatoms. The van der Waals surface area contributed by atoms with Gasteiger partial charge >= 0.3 is 5.97 Å². The Morgan fingerprint density at radius 3 is 2.34 bits per heavy atom. The summed E-state index contributed by atoms with van der Waals surface area (Å²) in [5, 5.41) is 12.2. The molecule has 2 aromatic carbocycles. The molecule has 4 atom stereocenters. The van der Waals surface area contributed by atoms with Gasteiger partial charge in [0, 0.05) is 32.7 Å². The van der Waals surface area contributed by atoms with Gasteiger partial charge < -0.3 is 10.0 Å². The minimum atomic E-state index is -0.773. The van der Waals surface area contributed by atoms with Crippen LogP contribution in [0, 0.1) is 23.7 Å². The van der Waals surface area contributed by atoms with Crippen LogP contribution in [0.25, 0.3) is 10.8 Å². The smallest absolute Gasteiger partial charge is 0.307 e. The lowest BCUT2D eigenvalue weighted by molar-refractivity contribution is -0.153. The summed E-state index contributed by atoms with van der Waals surface area (Å²) in [6.07, 6.45) is 2.92. The molecule has 3 fully saturated rings. The number of fused-ring (bicyclic) bond motifs is 3. The number of benzene rings is 2. The first-order valence-electron chi connectivity index (χ1n) is 10.8. The van der Waals surface area contributed by atoms with Gasteiger partial charge in [0.2, 0.25) is 5.91 Å². The Kier molecular flexibility index (Phi) is 4.78. The van der Waals surface area contributed by atoms with Gasteiger partial charge in [0.15, 0.2) is 0 Å². The molecule has 0 radical (unpaired) electrons. The first-order chi connectivity index (χ1) is 14.1. The number of carbonyl (C=O) groups excluding carboxylic acids is 1. The van der Waals surface area contributed by atoms with Crippen molar-refractivity contribution in [2.45, 2.75) is 25.8 Å². The highest BCUT2D eigenvalue weighted by Crippen LogP contribution is 2.53. The molecule has 2 aliphatic carbocycles. The van der Waals surface area contributed by atoms with E-state index in [4.69, 9.17) is 0 Å². The number of hydrogen-bond donors (Lipinski definition) is 1. The Bertz CT molecular complexity index is 929. The Hall–Kier alpha value is -2.40. The van der Waals surface area contributed by atoms with Crippen molar-refractivity contribution in [1.29, 1.82) is 0 Å². The minimum absolute atomic E-state index is 0.0920. The van der Waals surface area contributed by atoms with Crippen LogP contribution < -0.4 is 0 Å². The zero-order valence-electron chi connectivity index (χ0n) is 16.7. The molecule has 1 saturated heterocycles. The summed E-state index contributed by atoms with van der Waals surface area (Å²) in [6, 6.07) is 14.9. The Labute approximate surface area is 171 Å². The summed E-state index contributed by atoms with van der Waals surface area (Å²) in [4.78, 5) is 29.3. The average Bonchev–Trinajstić information content (AvgIpc) is 3.36. The van der Waals surface area contributed by atoms with Gasteiger partial charge in [-0.1, -0.05) is 42.5 Å². The molecule has 1 amide bonds. The van der Waals surface area contributed by atoms with Crippen LogP contribution in [-0.4, -0.2) is 53.0 Å². The van der Waals surface area contributed by atoms with E-state index in [-0.39, 0.29) is 23.7 Å². The number of carbonyl (C=O) groups is 2. The third kappa shape index (κ3) is 3.31. The summed E-state index contributed by atoms with van der Waals surface area (Å²) in [6.45, 7) is 3.96. The van der Waals surface area contributed by atoms with E-state index in [1.807, 2.05) is 4.90 Å². The zero-order valence-corrected chi connectivity index (χ0v) is 16.7. The molecule has 5 rings (SSSR count). The summed E-state index contributed by atoms with van der Waals surface area (Å²) >= 11 is 0. The van der Waals surface area contributed by atoms with E-state index in [1.54, 1.807) is 0 Å². The molecule has 0 aromatic heterocycles. The van der Waals surface area contributed by atoms with E-state index < -0.39 is 11.9 Å². The van der Waals surface area contributed by atoms with Crippen molar-refractivity contribution in [3.8, 4) is 0 Å². The monoisotopic (exact) mass is 392 g/mol. The second-order valence-corrected chi connectivity index (χ2v) is 8.96. The van der Waals surface area contributed by atoms with Crippen molar-refractivity contribution in [3.63, 3.8) is 0 Å². The van der Waals surface area contributed by atoms with Gasteiger partial charge in [-0.3, -0.25) is 14.5 Å². The summed E-state index contributed by atoms with van der Waals surface area (Å²) in [7, 11) is 0. The van der Waals surface area contributed by atoms with Gasteiger partial charge in [-0.15, -0.1) is 0 Å². The molecular weight excluding hydrogens is 364 g/mol. The minimum Gasteiger partial charge on any atom is -0.481 e. The number of carboxylic acid groups (broad SMARTS) is 1. The normalized spacial score (nSPS) is 29.4. The lowest BCUT2D eigenvalue weighted by Gasteiger charge is -2.38. The first kappa shape index (κ1) is 18.6. The topological polar surface area (TPSA) is 60.9 Å². The van der Waals surface area contributed by atoms with E-state index in [1.165, 1.54) is 16.3 Å². The molecule has 0 unspecified atom stereocenters. The summed E-state index contributed by atoms with van der Waals surface area (Å²) in [5.41, 5.74) is 1.32. The second kappa shape index (κ2) is 7.45. The Morgan fingerprint density at radius 1 is 0.897 bits per heavy atom. The van der Waals surface area contributed by atoms with Crippen molar-refractivity contribution in [2.24, 2.45) is 23.7 Å². The molecular formula is C24H28N2O3. The predicted octanol–water partition coefficient (Wildman–Crippen LogP) is 3.23. The maximum atomic E-state index is 13.2. The van der Waals surface area contributed by atoms with Crippen LogP contribution in [0.2, 0.25) is 0 Å². The largest absolute Gasteiger partial charge is 0.481 e. The molecule has 29 heavy (non-hydrogen) atoms. The fraction of sp³-hybridized carbons (Fsp3) is 0.500. The fourth-order valence-corrected chi connectivity index (χ4v) is 6.01. The number of nitrogens with zero attached hydrogens (tertiary/aromatic N) is 2. The van der Waals surface area contributed by atoms with Gasteiger partial charge in [0.25, 0.3) is 0 Å². The van der Waals surface area contributed by atoms with Crippen LogP contribution in [0.5, 0.6) is 0 Å². The van der Waals surface area contributed by atoms with Gasteiger partial charge in [-0.2, -0.15) is 0 Å². The predicted molar refractivity (Wildman–Crippen MR) is 111 cm³/mol. The lowest BCUT2D eigenvalue weighted by atomic mass is 9.78. The maximum absolute atomic E-state index is 13.2. The molecule has 1 aliphatic heterocycles. The molecule has 2 bridgehead atoms. The molecule has 5 nitrogen and oxygen atoms in total. The van der Waals surface area contributed by atoms with E-state index >= 15 is 0 Å². The highest BCUT2D eigenvalue weighted by Gasteiger charge is 2.54. The third-order valence-corrected chi connectivity index (χ3v) is 7.44. The summed E-state index contributed by atoms with van der Waals surface area (Å²) in [5.74, 6) is -0.952. The standard InChI is InChI=1S/C24H28N2O3/c27-23(21-17-8-9-18(14-17)22(21)24(28)29)26-12-10-25(11-13-26)15-19-6-3-5-16-4-1-2-7-20(16)19/h1-7,17-18,21-22H,8-15H2,(H,28,29)/t17-,18+,21-,22+/m0/s1. The highest BCUT2D eigenvalue weighted by molar-refractivity contribution is 5.87. The van der Waals surface area contributed by atoms with E-state index in [0.29, 0.717) is 13.1 Å². The van der Waals surface area contributed by atoms with Crippen LogP contribution >= 0.6 is 0 Å². The van der Waals surface area contributed by atoms with Crippen molar-refractivity contribution in [3.05, 3.63) is 48.0 Å². The molecule has 2 aromatic rings. The van der Waals surface area contributed by atoms with Crippen molar-refractivity contribution in [2.75, 3.05) is 26.2 Å². The number of hydrogen-bond acceptors (Lipinski definition) is 3. The van der Waals surface area contributed by atoms with E-state index in [0.717, 1.165) is 38.9 Å². The fourth-order valence-electron chi connectivity index (χ4n) is 6.01. The molecule has 1 heterocycles. The third-order valence-electron chi connectivity index (χ3n) is 7.44. The zero-order chi connectivity index (χ0) is 20.0. The number of aliphatic carboxylic acids is 1. The van der Waals surface area contributed by atoms with Gasteiger partial charge in [0.05, 0.1) is 11.8 Å². The van der Waals surface area contributed by atoms with Crippen LogP contribution in [0.4, 0.5) is 0 Å². The van der Waals surface area contributed by atoms with Gasteiger partial charge in [-0.05, 0) is 47.4 Å². The van der Waals surface area contributed by atoms with Crippen molar-refractivity contribution < 1.29 is 14.7 Å². The van der Waals surface area contributed by atoms with E-state index in [2.05, 4.69) is 47.4 Å². The first-order valence-corrected chi connectivity index (χ1v) is 10.8. The average molecular weight is 392 g/mol. The number of amides is 1. The number of rotatable bonds is 4. The number of carboxylic acids is 1. The molecule has 152 valence electrons. The summed E-state index contributed by atoms with van der Waals surface area (Å²) < 4.78 is 0. The van der Waals surface area contributed by atoms with Gasteiger partial charge in [0.1, 0.15) is 0 Å². The lowest BCUT2D eigenvalue weighted by Crippen LogP contribution is -2.52. The molecule has 3 aliphatic rings.